The number of hydrogen-bond acceptors (Lipinski definition) is 2. The van der Waals surface area contributed by atoms with Crippen molar-refractivity contribution in [3.05, 3.63) is 102 Å². The third-order valence-electron chi connectivity index (χ3n) is 6.42. The van der Waals surface area contributed by atoms with Crippen molar-refractivity contribution in [2.75, 3.05) is 26.2 Å². The Morgan fingerprint density at radius 1 is 0.857 bits per heavy atom. The van der Waals surface area contributed by atoms with Gasteiger partial charge in [-0.1, -0.05) is 60.7 Å². The van der Waals surface area contributed by atoms with Gasteiger partial charge in [0.1, 0.15) is 5.82 Å². The summed E-state index contributed by atoms with van der Waals surface area (Å²) in [5.41, 5.74) is 4.66. The van der Waals surface area contributed by atoms with E-state index in [1.54, 1.807) is 23.1 Å². The number of H-pyrrole nitrogens is 1. The average molecular weight is 468 g/mol. The average Bonchev–Trinajstić information content (AvgIpc) is 3.26. The summed E-state index contributed by atoms with van der Waals surface area (Å²) in [5.74, 6) is -0.420. The van der Waals surface area contributed by atoms with Gasteiger partial charge in [0.15, 0.2) is 0 Å². The zero-order valence-electron chi connectivity index (χ0n) is 19.3. The first kappa shape index (κ1) is 22.6. The smallest absolute Gasteiger partial charge is 0.246 e. The molecule has 1 N–H and O–H groups in total. The van der Waals surface area contributed by atoms with Crippen LogP contribution in [0.5, 0.6) is 0 Å². The Morgan fingerprint density at radius 2 is 1.57 bits per heavy atom. The van der Waals surface area contributed by atoms with Gasteiger partial charge in [-0.15, -0.1) is 0 Å². The largest absolute Gasteiger partial charge is 0.354 e. The fraction of sp³-hybridized carbons (Fsp3) is 0.172. The molecule has 0 saturated carbocycles. The fourth-order valence-electron chi connectivity index (χ4n) is 4.56. The summed E-state index contributed by atoms with van der Waals surface area (Å²) in [7, 11) is 0. The molecule has 1 aliphatic rings. The van der Waals surface area contributed by atoms with Crippen molar-refractivity contribution in [3.63, 3.8) is 0 Å². The van der Waals surface area contributed by atoms with Crippen molar-refractivity contribution >= 4 is 28.8 Å². The monoisotopic (exact) mass is 467 g/mol. The van der Waals surface area contributed by atoms with E-state index in [0.29, 0.717) is 38.2 Å². The molecule has 3 aromatic carbocycles. The van der Waals surface area contributed by atoms with Crippen molar-refractivity contribution in [2.45, 2.75) is 6.42 Å². The van der Waals surface area contributed by atoms with Crippen LogP contribution in [0.1, 0.15) is 11.1 Å². The molecular formula is C29H26FN3O2. The van der Waals surface area contributed by atoms with Crippen LogP contribution in [-0.2, 0) is 16.0 Å². The van der Waals surface area contributed by atoms with Crippen LogP contribution in [0.15, 0.2) is 84.9 Å². The summed E-state index contributed by atoms with van der Waals surface area (Å²) < 4.78 is 13.3. The van der Waals surface area contributed by atoms with Crippen LogP contribution < -0.4 is 0 Å². The number of nitrogens with zero attached hydrogens (tertiary/aromatic N) is 2. The molecule has 0 radical (unpaired) electrons. The molecule has 35 heavy (non-hydrogen) atoms. The van der Waals surface area contributed by atoms with Crippen LogP contribution in [0.2, 0.25) is 0 Å². The Hall–Kier alpha value is -4.19. The molecule has 0 bridgehead atoms. The summed E-state index contributed by atoms with van der Waals surface area (Å²) in [6.45, 7) is 1.91. The minimum absolute atomic E-state index is 0.0503. The lowest BCUT2D eigenvalue weighted by Gasteiger charge is -2.34. The predicted octanol–water partition coefficient (Wildman–Crippen LogP) is 4.90. The van der Waals surface area contributed by atoms with Gasteiger partial charge in [-0.3, -0.25) is 9.59 Å². The maximum Gasteiger partial charge on any atom is 0.246 e. The number of carbonyl (C=O) groups is 2. The van der Waals surface area contributed by atoms with E-state index in [1.807, 2.05) is 59.5 Å². The molecule has 2 amide bonds. The molecule has 0 atom stereocenters. The van der Waals surface area contributed by atoms with E-state index in [0.717, 1.165) is 27.7 Å². The molecule has 4 aromatic rings. The molecule has 1 aromatic heterocycles. The van der Waals surface area contributed by atoms with Crippen LogP contribution in [0, 0.1) is 5.82 Å². The number of hydrogen-bond donors (Lipinski definition) is 1. The van der Waals surface area contributed by atoms with Gasteiger partial charge in [0.25, 0.3) is 0 Å². The van der Waals surface area contributed by atoms with E-state index in [-0.39, 0.29) is 17.6 Å². The Kier molecular flexibility index (Phi) is 6.44. The zero-order chi connectivity index (χ0) is 24.2. The molecule has 1 saturated heterocycles. The highest BCUT2D eigenvalue weighted by Crippen LogP contribution is 2.31. The second-order valence-corrected chi connectivity index (χ2v) is 8.66. The molecule has 1 aliphatic heterocycles. The van der Waals surface area contributed by atoms with Crippen LogP contribution in [0.4, 0.5) is 4.39 Å². The van der Waals surface area contributed by atoms with E-state index in [9.17, 15) is 14.0 Å². The third kappa shape index (κ3) is 5.01. The second-order valence-electron chi connectivity index (χ2n) is 8.66. The van der Waals surface area contributed by atoms with Gasteiger partial charge in [-0.2, -0.15) is 0 Å². The van der Waals surface area contributed by atoms with Crippen LogP contribution in [0.3, 0.4) is 0 Å². The normalized spacial score (nSPS) is 14.1. The minimum Gasteiger partial charge on any atom is -0.354 e. The van der Waals surface area contributed by atoms with Gasteiger partial charge < -0.3 is 14.8 Å². The van der Waals surface area contributed by atoms with Gasteiger partial charge in [0, 0.05) is 43.2 Å². The zero-order valence-corrected chi connectivity index (χ0v) is 19.3. The molecule has 0 spiro atoms. The van der Waals surface area contributed by atoms with Gasteiger partial charge in [-0.05, 0) is 41.0 Å². The first-order chi connectivity index (χ1) is 17.1. The van der Waals surface area contributed by atoms with Crippen molar-refractivity contribution in [1.29, 1.82) is 0 Å². The summed E-state index contributed by atoms with van der Waals surface area (Å²) >= 11 is 0. The van der Waals surface area contributed by atoms with E-state index >= 15 is 0 Å². The topological polar surface area (TPSA) is 56.4 Å². The molecule has 0 aliphatic carbocycles. The summed E-state index contributed by atoms with van der Waals surface area (Å²) in [4.78, 5) is 32.9. The Morgan fingerprint density at radius 3 is 2.34 bits per heavy atom. The van der Waals surface area contributed by atoms with Gasteiger partial charge in [0.2, 0.25) is 11.8 Å². The van der Waals surface area contributed by atoms with Gasteiger partial charge >= 0.3 is 0 Å². The first-order valence-electron chi connectivity index (χ1n) is 11.7. The number of nitrogens with one attached hydrogen (secondary N) is 1. The number of aromatic amines is 1. The van der Waals surface area contributed by atoms with Crippen molar-refractivity contribution in [3.8, 4) is 11.3 Å². The molecule has 176 valence electrons. The minimum atomic E-state index is -0.336. The number of aromatic nitrogens is 1. The number of rotatable bonds is 5. The highest BCUT2D eigenvalue weighted by atomic mass is 19.1. The quantitative estimate of drug-likeness (QED) is 0.425. The maximum atomic E-state index is 13.3. The lowest BCUT2D eigenvalue weighted by Crippen LogP contribution is -2.50. The maximum absolute atomic E-state index is 13.3. The molecule has 2 heterocycles. The van der Waals surface area contributed by atoms with E-state index < -0.39 is 0 Å². The first-order valence-corrected chi connectivity index (χ1v) is 11.7. The number of fused-ring (bicyclic) bond motifs is 1. The molecule has 6 heteroatoms. The fourth-order valence-corrected chi connectivity index (χ4v) is 4.56. The summed E-state index contributed by atoms with van der Waals surface area (Å²) in [6.07, 6.45) is 3.37. The van der Waals surface area contributed by atoms with E-state index in [1.165, 1.54) is 18.2 Å². The van der Waals surface area contributed by atoms with Crippen molar-refractivity contribution < 1.29 is 14.0 Å². The molecule has 1 fully saturated rings. The number of amides is 2. The molecule has 5 nitrogen and oxygen atoms in total. The molecule has 5 rings (SSSR count). The SMILES string of the molecule is O=C(/C=C/c1cccc(F)c1)N1CCN(C(=O)Cc2c(-c3ccccc3)[nH]c3ccccc23)CC1. The lowest BCUT2D eigenvalue weighted by atomic mass is 10.0. The number of halogens is 1. The van der Waals surface area contributed by atoms with E-state index in [4.69, 9.17) is 0 Å². The number of benzene rings is 3. The van der Waals surface area contributed by atoms with Crippen LogP contribution >= 0.6 is 0 Å². The van der Waals surface area contributed by atoms with Crippen LogP contribution in [-0.4, -0.2) is 52.8 Å². The molecular weight excluding hydrogens is 441 g/mol. The Balaban J connectivity index is 1.26. The van der Waals surface area contributed by atoms with Crippen LogP contribution in [0.25, 0.3) is 28.2 Å². The number of carbonyl (C=O) groups excluding carboxylic acids is 2. The second kappa shape index (κ2) is 9.97. The van der Waals surface area contributed by atoms with Gasteiger partial charge in [-0.25, -0.2) is 4.39 Å². The van der Waals surface area contributed by atoms with E-state index in [2.05, 4.69) is 4.98 Å². The Bertz CT molecular complexity index is 1390. The number of piperazine rings is 1. The predicted molar refractivity (Wildman–Crippen MR) is 136 cm³/mol. The summed E-state index contributed by atoms with van der Waals surface area (Å²) in [5, 5.41) is 1.05. The Labute approximate surface area is 203 Å². The molecule has 0 unspecified atom stereocenters. The van der Waals surface area contributed by atoms with Gasteiger partial charge in [0.05, 0.1) is 12.1 Å². The number of para-hydroxylation sites is 1. The van der Waals surface area contributed by atoms with Crippen molar-refractivity contribution in [1.82, 2.24) is 14.8 Å². The standard InChI is InChI=1S/C29H26FN3O2/c30-23-10-6-7-21(19-23)13-14-27(34)32-15-17-33(18-16-32)28(35)20-25-24-11-4-5-12-26(24)31-29(25)22-8-2-1-3-9-22/h1-14,19,31H,15-18,20H2/b14-13+. The highest BCUT2D eigenvalue weighted by molar-refractivity contribution is 5.95. The highest BCUT2D eigenvalue weighted by Gasteiger charge is 2.25. The lowest BCUT2D eigenvalue weighted by molar-refractivity contribution is -0.136. The summed E-state index contributed by atoms with van der Waals surface area (Å²) in [6, 6.07) is 24.2. The van der Waals surface area contributed by atoms with Crippen molar-refractivity contribution in [2.24, 2.45) is 0 Å². The third-order valence-corrected chi connectivity index (χ3v) is 6.42.